The summed E-state index contributed by atoms with van der Waals surface area (Å²) >= 11 is 6.77. The largest absolute Gasteiger partial charge is 0.489 e. The van der Waals surface area contributed by atoms with Crippen LogP contribution in [-0.2, 0) is 11.4 Å². The Hall–Kier alpha value is -3.41. The Balaban J connectivity index is 1.35. The lowest BCUT2D eigenvalue weighted by atomic mass is 10.1. The monoisotopic (exact) mass is 453 g/mol. The first-order valence-electron chi connectivity index (χ1n) is 10.2. The molecule has 0 spiro atoms. The number of carbonyl (C=O) groups excluding carboxylic acids is 1. The van der Waals surface area contributed by atoms with Gasteiger partial charge in [0, 0.05) is 0 Å². The van der Waals surface area contributed by atoms with Crippen molar-refractivity contribution in [3.8, 4) is 5.75 Å². The summed E-state index contributed by atoms with van der Waals surface area (Å²) in [6.07, 6.45) is 1.87. The highest BCUT2D eigenvalue weighted by molar-refractivity contribution is 8.27. The SMILES string of the molecule is O=C1C(=Cc2cccc(OCc3cccc4ccccc34)c2)SC(=S)N1c1ccccc1. The van der Waals surface area contributed by atoms with Crippen molar-refractivity contribution in [3.63, 3.8) is 0 Å². The van der Waals surface area contributed by atoms with Gasteiger partial charge in [-0.2, -0.15) is 0 Å². The summed E-state index contributed by atoms with van der Waals surface area (Å²) in [6, 6.07) is 31.8. The molecule has 32 heavy (non-hydrogen) atoms. The number of thioether (sulfide) groups is 1. The highest BCUT2D eigenvalue weighted by Gasteiger charge is 2.33. The van der Waals surface area contributed by atoms with E-state index in [0.29, 0.717) is 15.8 Å². The summed E-state index contributed by atoms with van der Waals surface area (Å²) in [7, 11) is 0. The fraction of sp³-hybridized carbons (Fsp3) is 0.0370. The molecule has 0 aliphatic carbocycles. The number of anilines is 1. The van der Waals surface area contributed by atoms with Crippen LogP contribution < -0.4 is 9.64 Å². The number of hydrogen-bond donors (Lipinski definition) is 0. The van der Waals surface area contributed by atoms with Gasteiger partial charge in [0.25, 0.3) is 5.91 Å². The molecule has 0 N–H and O–H groups in total. The zero-order valence-electron chi connectivity index (χ0n) is 17.1. The van der Waals surface area contributed by atoms with Crippen LogP contribution in [0.3, 0.4) is 0 Å². The highest BCUT2D eigenvalue weighted by Crippen LogP contribution is 2.36. The number of benzene rings is 4. The van der Waals surface area contributed by atoms with Gasteiger partial charge in [0.2, 0.25) is 0 Å². The van der Waals surface area contributed by atoms with Crippen molar-refractivity contribution >= 4 is 56.7 Å². The van der Waals surface area contributed by atoms with Crippen LogP contribution in [0.25, 0.3) is 16.8 Å². The molecule has 156 valence electrons. The zero-order chi connectivity index (χ0) is 21.9. The van der Waals surface area contributed by atoms with Crippen molar-refractivity contribution in [2.75, 3.05) is 4.90 Å². The average Bonchev–Trinajstić information content (AvgIpc) is 3.11. The third-order valence-electron chi connectivity index (χ3n) is 5.24. The molecule has 1 heterocycles. The van der Waals surface area contributed by atoms with Gasteiger partial charge in [-0.15, -0.1) is 0 Å². The van der Waals surface area contributed by atoms with Crippen LogP contribution in [0.4, 0.5) is 5.69 Å². The topological polar surface area (TPSA) is 29.5 Å². The molecule has 1 saturated heterocycles. The Morgan fingerprint density at radius 3 is 2.50 bits per heavy atom. The zero-order valence-corrected chi connectivity index (χ0v) is 18.7. The van der Waals surface area contributed by atoms with E-state index in [1.54, 1.807) is 4.90 Å². The normalized spacial score (nSPS) is 15.0. The lowest BCUT2D eigenvalue weighted by molar-refractivity contribution is -0.113. The maximum Gasteiger partial charge on any atom is 0.270 e. The summed E-state index contributed by atoms with van der Waals surface area (Å²) < 4.78 is 6.62. The second-order valence-corrected chi connectivity index (χ2v) is 9.03. The van der Waals surface area contributed by atoms with Gasteiger partial charge < -0.3 is 4.74 Å². The van der Waals surface area contributed by atoms with Crippen molar-refractivity contribution in [1.82, 2.24) is 0 Å². The van der Waals surface area contributed by atoms with Crippen LogP contribution in [0.1, 0.15) is 11.1 Å². The van der Waals surface area contributed by atoms with Gasteiger partial charge in [0.05, 0.1) is 10.6 Å². The molecule has 3 nitrogen and oxygen atoms in total. The fourth-order valence-corrected chi connectivity index (χ4v) is 4.99. The van der Waals surface area contributed by atoms with E-state index in [2.05, 4.69) is 24.3 Å². The Labute approximate surface area is 196 Å². The molecule has 0 saturated carbocycles. The summed E-state index contributed by atoms with van der Waals surface area (Å²) in [5.41, 5.74) is 2.82. The molecule has 0 unspecified atom stereocenters. The molecular formula is C27H19NO2S2. The molecule has 0 radical (unpaired) electrons. The number of nitrogens with zero attached hydrogens (tertiary/aromatic N) is 1. The van der Waals surface area contributed by atoms with Crippen molar-refractivity contribution in [2.45, 2.75) is 6.61 Å². The maximum atomic E-state index is 13.0. The van der Waals surface area contributed by atoms with E-state index >= 15 is 0 Å². The van der Waals surface area contributed by atoms with E-state index in [4.69, 9.17) is 17.0 Å². The molecule has 0 bridgehead atoms. The third kappa shape index (κ3) is 4.17. The van der Waals surface area contributed by atoms with Crippen molar-refractivity contribution in [3.05, 3.63) is 113 Å². The lowest BCUT2D eigenvalue weighted by Crippen LogP contribution is -2.27. The molecule has 1 aliphatic heterocycles. The quantitative estimate of drug-likeness (QED) is 0.245. The standard InChI is InChI=1S/C27H19NO2S2/c29-26-25(32-27(31)28(26)22-12-2-1-3-13-22)17-19-8-6-14-23(16-19)30-18-21-11-7-10-20-9-4-5-15-24(20)21/h1-17H,18H2. The second kappa shape index (κ2) is 8.99. The van der Waals surface area contributed by atoms with E-state index in [-0.39, 0.29) is 5.91 Å². The Morgan fingerprint density at radius 1 is 0.875 bits per heavy atom. The number of rotatable bonds is 5. The minimum Gasteiger partial charge on any atom is -0.489 e. The molecule has 1 amide bonds. The van der Waals surface area contributed by atoms with Gasteiger partial charge in [-0.05, 0) is 52.2 Å². The predicted molar refractivity (Wildman–Crippen MR) is 137 cm³/mol. The Morgan fingerprint density at radius 2 is 1.62 bits per heavy atom. The van der Waals surface area contributed by atoms with Crippen molar-refractivity contribution in [2.24, 2.45) is 0 Å². The van der Waals surface area contributed by atoms with E-state index in [0.717, 1.165) is 22.6 Å². The van der Waals surface area contributed by atoms with Crippen LogP contribution in [0.15, 0.2) is 102 Å². The summed E-state index contributed by atoms with van der Waals surface area (Å²) in [5.74, 6) is 0.651. The fourth-order valence-electron chi connectivity index (χ4n) is 3.69. The molecule has 1 fully saturated rings. The van der Waals surface area contributed by atoms with E-state index in [1.807, 2.05) is 78.9 Å². The van der Waals surface area contributed by atoms with Crippen LogP contribution in [-0.4, -0.2) is 10.2 Å². The Kier molecular flexibility index (Phi) is 5.75. The summed E-state index contributed by atoms with van der Waals surface area (Å²) in [6.45, 7) is 0.473. The number of amides is 1. The molecular weight excluding hydrogens is 434 g/mol. The van der Waals surface area contributed by atoms with E-state index < -0.39 is 0 Å². The lowest BCUT2D eigenvalue weighted by Gasteiger charge is -2.13. The first kappa shape index (κ1) is 20.5. The first-order chi connectivity index (χ1) is 15.7. The highest BCUT2D eigenvalue weighted by atomic mass is 32.2. The predicted octanol–water partition coefficient (Wildman–Crippen LogP) is 6.82. The van der Waals surface area contributed by atoms with Gasteiger partial charge in [-0.1, -0.05) is 96.8 Å². The minimum absolute atomic E-state index is 0.103. The average molecular weight is 454 g/mol. The number of hydrogen-bond acceptors (Lipinski definition) is 4. The molecule has 4 aromatic carbocycles. The smallest absolute Gasteiger partial charge is 0.270 e. The molecule has 4 aromatic rings. The van der Waals surface area contributed by atoms with Crippen molar-refractivity contribution < 1.29 is 9.53 Å². The molecule has 0 atom stereocenters. The molecule has 5 heteroatoms. The van der Waals surface area contributed by atoms with Crippen LogP contribution in [0, 0.1) is 0 Å². The second-order valence-electron chi connectivity index (χ2n) is 7.35. The van der Waals surface area contributed by atoms with Gasteiger partial charge in [0.1, 0.15) is 12.4 Å². The van der Waals surface area contributed by atoms with Crippen LogP contribution in [0.2, 0.25) is 0 Å². The minimum atomic E-state index is -0.103. The van der Waals surface area contributed by atoms with E-state index in [1.165, 1.54) is 22.5 Å². The number of carbonyl (C=O) groups is 1. The van der Waals surface area contributed by atoms with E-state index in [9.17, 15) is 4.79 Å². The number of ether oxygens (including phenoxy) is 1. The maximum absolute atomic E-state index is 13.0. The van der Waals surface area contributed by atoms with Gasteiger partial charge in [-0.25, -0.2) is 0 Å². The molecule has 0 aromatic heterocycles. The van der Waals surface area contributed by atoms with Crippen LogP contribution >= 0.6 is 24.0 Å². The summed E-state index contributed by atoms with van der Waals surface area (Å²) in [4.78, 5) is 15.1. The molecule has 5 rings (SSSR count). The van der Waals surface area contributed by atoms with Gasteiger partial charge in [0.15, 0.2) is 4.32 Å². The molecule has 1 aliphatic rings. The third-order valence-corrected chi connectivity index (χ3v) is 6.54. The number of thiocarbonyl (C=S) groups is 1. The number of para-hydroxylation sites is 1. The summed E-state index contributed by atoms with van der Waals surface area (Å²) in [5, 5.41) is 2.39. The van der Waals surface area contributed by atoms with Gasteiger partial charge >= 0.3 is 0 Å². The van der Waals surface area contributed by atoms with Gasteiger partial charge in [-0.3, -0.25) is 9.69 Å². The number of fused-ring (bicyclic) bond motifs is 1. The first-order valence-corrected chi connectivity index (χ1v) is 11.4. The van der Waals surface area contributed by atoms with Crippen molar-refractivity contribution in [1.29, 1.82) is 0 Å². The van der Waals surface area contributed by atoms with Crippen LogP contribution in [0.5, 0.6) is 5.75 Å². The Bertz CT molecular complexity index is 1340.